The molecule has 0 saturated carbocycles. The minimum atomic E-state index is -1.02. The number of rotatable bonds is 2. The fraction of sp³-hybridized carbons (Fsp3) is 0.222. The van der Waals surface area contributed by atoms with E-state index in [0.29, 0.717) is 0 Å². The van der Waals surface area contributed by atoms with Crippen LogP contribution in [-0.4, -0.2) is 13.0 Å². The maximum Gasteiger partial charge on any atom is 0.224 e. The summed E-state index contributed by atoms with van der Waals surface area (Å²) in [5.74, 6) is -2.33. The van der Waals surface area contributed by atoms with Crippen LogP contribution in [0.15, 0.2) is 12.1 Å². The summed E-state index contributed by atoms with van der Waals surface area (Å²) in [6.45, 7) is 0. The molecule has 0 aliphatic rings. The fourth-order valence-corrected chi connectivity index (χ4v) is 1.18. The second kappa shape index (κ2) is 4.37. The molecule has 0 aliphatic carbocycles. The van der Waals surface area contributed by atoms with Crippen molar-refractivity contribution in [3.05, 3.63) is 34.4 Å². The molecule has 0 fully saturated rings. The summed E-state index contributed by atoms with van der Waals surface area (Å²) in [6, 6.07) is 1.78. The third kappa shape index (κ3) is 2.42. The topological polar surface area (TPSA) is 29.1 Å². The normalized spacial score (nSPS) is 10.0. The van der Waals surface area contributed by atoms with Crippen molar-refractivity contribution in [1.82, 2.24) is 5.32 Å². The molecule has 5 heteroatoms. The number of amides is 1. The Labute approximate surface area is 84.9 Å². The molecule has 2 nitrogen and oxygen atoms in total. The predicted octanol–water partition coefficient (Wildman–Crippen LogP) is 1.91. The summed E-state index contributed by atoms with van der Waals surface area (Å²) in [4.78, 5) is 10.9. The van der Waals surface area contributed by atoms with E-state index in [1.165, 1.54) is 7.05 Å². The molecule has 0 bridgehead atoms. The number of likely N-dealkylation sites (N-methyl/N-ethyl adjacent to an activating group) is 1. The Balaban J connectivity index is 2.98. The fourth-order valence-electron chi connectivity index (χ4n) is 0.961. The van der Waals surface area contributed by atoms with Crippen LogP contribution in [0.4, 0.5) is 8.78 Å². The van der Waals surface area contributed by atoms with Crippen molar-refractivity contribution in [2.24, 2.45) is 0 Å². The number of halogens is 3. The number of hydrogen-bond donors (Lipinski definition) is 1. The minimum Gasteiger partial charge on any atom is -0.359 e. The molecule has 14 heavy (non-hydrogen) atoms. The average Bonchev–Trinajstić information content (AvgIpc) is 2.14. The molecule has 0 aromatic heterocycles. The van der Waals surface area contributed by atoms with Crippen molar-refractivity contribution in [3.63, 3.8) is 0 Å². The Morgan fingerprint density at radius 2 is 2.00 bits per heavy atom. The quantitative estimate of drug-likeness (QED) is 0.757. The third-order valence-electron chi connectivity index (χ3n) is 1.72. The Hall–Kier alpha value is -1.16. The molecule has 1 aromatic rings. The third-order valence-corrected chi connectivity index (χ3v) is 2.07. The summed E-state index contributed by atoms with van der Waals surface area (Å²) in [5, 5.41) is 2.41. The first kappa shape index (κ1) is 10.9. The van der Waals surface area contributed by atoms with Gasteiger partial charge in [0.15, 0.2) is 11.6 Å². The van der Waals surface area contributed by atoms with Crippen molar-refractivity contribution in [2.75, 3.05) is 7.05 Å². The molecular weight excluding hydrogens is 212 g/mol. The van der Waals surface area contributed by atoms with Crippen molar-refractivity contribution in [3.8, 4) is 0 Å². The van der Waals surface area contributed by atoms with Crippen molar-refractivity contribution in [1.29, 1.82) is 0 Å². The summed E-state index contributed by atoms with van der Waals surface area (Å²) >= 11 is 5.62. The van der Waals surface area contributed by atoms with Crippen LogP contribution in [-0.2, 0) is 11.2 Å². The van der Waals surface area contributed by atoms with Gasteiger partial charge in [0, 0.05) is 12.1 Å². The van der Waals surface area contributed by atoms with E-state index in [2.05, 4.69) is 5.32 Å². The van der Waals surface area contributed by atoms with Crippen LogP contribution < -0.4 is 5.32 Å². The van der Waals surface area contributed by atoms with Gasteiger partial charge < -0.3 is 5.32 Å². The molecule has 1 aromatic carbocycles. The maximum atomic E-state index is 12.7. The van der Waals surface area contributed by atoms with Crippen LogP contribution >= 0.6 is 11.6 Å². The number of benzene rings is 1. The van der Waals surface area contributed by atoms with Crippen LogP contribution in [0.2, 0.25) is 5.02 Å². The maximum absolute atomic E-state index is 12.7. The van der Waals surface area contributed by atoms with E-state index in [-0.39, 0.29) is 22.9 Å². The van der Waals surface area contributed by atoms with Gasteiger partial charge in [-0.05, 0) is 17.7 Å². The van der Waals surface area contributed by atoms with Gasteiger partial charge in [-0.3, -0.25) is 4.79 Å². The van der Waals surface area contributed by atoms with E-state index < -0.39 is 11.6 Å². The average molecular weight is 220 g/mol. The van der Waals surface area contributed by atoms with Crippen molar-refractivity contribution in [2.45, 2.75) is 6.42 Å². The van der Waals surface area contributed by atoms with Crippen LogP contribution in [0.5, 0.6) is 0 Å². The van der Waals surface area contributed by atoms with Gasteiger partial charge in [0.25, 0.3) is 0 Å². The Morgan fingerprint density at radius 3 is 2.57 bits per heavy atom. The van der Waals surface area contributed by atoms with Gasteiger partial charge >= 0.3 is 0 Å². The molecule has 0 atom stereocenters. The smallest absolute Gasteiger partial charge is 0.224 e. The van der Waals surface area contributed by atoms with Gasteiger partial charge in [-0.15, -0.1) is 0 Å². The van der Waals surface area contributed by atoms with E-state index >= 15 is 0 Å². The van der Waals surface area contributed by atoms with Gasteiger partial charge in [0.1, 0.15) is 0 Å². The Bertz CT molecular complexity index is 368. The minimum absolute atomic E-state index is 0.0486. The van der Waals surface area contributed by atoms with Gasteiger partial charge in [-0.1, -0.05) is 11.6 Å². The molecule has 0 aliphatic heterocycles. The summed E-state index contributed by atoms with van der Waals surface area (Å²) < 4.78 is 25.4. The monoisotopic (exact) mass is 219 g/mol. The molecule has 0 spiro atoms. The molecule has 0 unspecified atom stereocenters. The highest BCUT2D eigenvalue weighted by Crippen LogP contribution is 2.20. The number of nitrogens with one attached hydrogen (secondary N) is 1. The molecule has 0 radical (unpaired) electrons. The first-order chi connectivity index (χ1) is 6.54. The second-order valence-electron chi connectivity index (χ2n) is 2.71. The standard InChI is InChI=1S/C9H8ClF2NO/c1-13-9(14)3-5-2-7(11)8(12)4-6(5)10/h2,4H,3H2,1H3,(H,13,14). The zero-order valence-electron chi connectivity index (χ0n) is 7.40. The van der Waals surface area contributed by atoms with E-state index in [1.54, 1.807) is 0 Å². The van der Waals surface area contributed by atoms with Crippen molar-refractivity contribution < 1.29 is 13.6 Å². The van der Waals surface area contributed by atoms with E-state index in [9.17, 15) is 13.6 Å². The zero-order chi connectivity index (χ0) is 10.7. The van der Waals surface area contributed by atoms with Crippen LogP contribution in [0.25, 0.3) is 0 Å². The lowest BCUT2D eigenvalue weighted by Gasteiger charge is -2.03. The van der Waals surface area contributed by atoms with Gasteiger partial charge in [0.05, 0.1) is 6.42 Å². The summed E-state index contributed by atoms with van der Waals surface area (Å²) in [6.07, 6.45) is -0.0630. The molecule has 1 rings (SSSR count). The molecule has 1 amide bonds. The first-order valence-corrected chi connectivity index (χ1v) is 4.26. The zero-order valence-corrected chi connectivity index (χ0v) is 8.16. The summed E-state index contributed by atoms with van der Waals surface area (Å²) in [5.41, 5.74) is 0.268. The molecule has 1 N–H and O–H groups in total. The highest BCUT2D eigenvalue weighted by Gasteiger charge is 2.10. The molecule has 0 heterocycles. The predicted molar refractivity (Wildman–Crippen MR) is 49.1 cm³/mol. The number of hydrogen-bond acceptors (Lipinski definition) is 1. The SMILES string of the molecule is CNC(=O)Cc1cc(F)c(F)cc1Cl. The largest absolute Gasteiger partial charge is 0.359 e. The number of carbonyl (C=O) groups excluding carboxylic acids is 1. The Kier molecular flexibility index (Phi) is 3.41. The molecular formula is C9H8ClF2NO. The molecule has 0 saturated heterocycles. The first-order valence-electron chi connectivity index (χ1n) is 3.88. The van der Waals surface area contributed by atoms with Gasteiger partial charge in [-0.25, -0.2) is 8.78 Å². The van der Waals surface area contributed by atoms with E-state index in [0.717, 1.165) is 12.1 Å². The van der Waals surface area contributed by atoms with Crippen LogP contribution in [0.1, 0.15) is 5.56 Å². The van der Waals surface area contributed by atoms with Gasteiger partial charge in [0.2, 0.25) is 5.91 Å². The highest BCUT2D eigenvalue weighted by atomic mass is 35.5. The van der Waals surface area contributed by atoms with Crippen molar-refractivity contribution >= 4 is 17.5 Å². The number of carbonyl (C=O) groups is 1. The summed E-state index contributed by atoms with van der Waals surface area (Å²) in [7, 11) is 1.45. The van der Waals surface area contributed by atoms with E-state index in [1.807, 2.05) is 0 Å². The lowest BCUT2D eigenvalue weighted by molar-refractivity contribution is -0.119. The van der Waals surface area contributed by atoms with Gasteiger partial charge in [-0.2, -0.15) is 0 Å². The second-order valence-corrected chi connectivity index (χ2v) is 3.11. The molecule has 76 valence electrons. The van der Waals surface area contributed by atoms with Crippen LogP contribution in [0.3, 0.4) is 0 Å². The lowest BCUT2D eigenvalue weighted by atomic mass is 10.1. The Morgan fingerprint density at radius 1 is 1.43 bits per heavy atom. The highest BCUT2D eigenvalue weighted by molar-refractivity contribution is 6.31. The van der Waals surface area contributed by atoms with E-state index in [4.69, 9.17) is 11.6 Å². The lowest BCUT2D eigenvalue weighted by Crippen LogP contribution is -2.20. The van der Waals surface area contributed by atoms with Crippen LogP contribution in [0, 0.1) is 11.6 Å².